The molecule has 0 spiro atoms. The number of anilines is 1. The second kappa shape index (κ2) is 12.5. The number of carbonyl (C=O) groups excluding carboxylic acids is 5. The molecule has 0 saturated carbocycles. The van der Waals surface area contributed by atoms with Gasteiger partial charge in [-0.05, 0) is 27.7 Å². The van der Waals surface area contributed by atoms with Crippen LogP contribution in [0.15, 0.2) is 21.8 Å². The normalized spacial score (nSPS) is 18.9. The van der Waals surface area contributed by atoms with E-state index >= 15 is 0 Å². The van der Waals surface area contributed by atoms with Crippen LogP contribution >= 0.6 is 23.1 Å². The summed E-state index contributed by atoms with van der Waals surface area (Å²) in [5, 5.41) is 16.8. The molecule has 0 bridgehead atoms. The molecule has 0 radical (unpaired) electrons. The third kappa shape index (κ3) is 7.56. The summed E-state index contributed by atoms with van der Waals surface area (Å²) in [5.74, 6) is -4.89. The number of thiazole rings is 1. The monoisotopic (exact) mass is 597 g/mol. The number of hydrogen-bond acceptors (Lipinski definition) is 14. The van der Waals surface area contributed by atoms with Crippen molar-refractivity contribution in [2.75, 3.05) is 24.7 Å². The number of nitrogens with two attached hydrogens (primary N) is 1. The molecule has 0 aliphatic carbocycles. The Hall–Kier alpha value is -3.99. The largest absolute Gasteiger partial charge is 0.477 e. The van der Waals surface area contributed by atoms with Crippen molar-refractivity contribution in [1.82, 2.24) is 15.2 Å². The fourth-order valence-corrected chi connectivity index (χ4v) is 5.42. The van der Waals surface area contributed by atoms with E-state index in [2.05, 4.69) is 15.5 Å². The molecule has 1 fully saturated rings. The number of ketones is 1. The number of fused-ring (bicyclic) bond motifs is 1. The zero-order chi connectivity index (χ0) is 29.8. The maximum Gasteiger partial charge on any atom is 0.352 e. The first kappa shape index (κ1) is 30.6. The molecule has 2 amide bonds. The van der Waals surface area contributed by atoms with E-state index < -0.39 is 72.2 Å². The van der Waals surface area contributed by atoms with Crippen molar-refractivity contribution in [3.05, 3.63) is 22.3 Å². The Balaban J connectivity index is 1.73. The van der Waals surface area contributed by atoms with Crippen LogP contribution < -0.4 is 11.1 Å². The molecule has 2 atom stereocenters. The maximum atomic E-state index is 13.1. The number of rotatable bonds is 11. The molecule has 3 heterocycles. The highest BCUT2D eigenvalue weighted by Crippen LogP contribution is 2.40. The molecule has 4 N–H and O–H groups in total. The van der Waals surface area contributed by atoms with E-state index in [0.29, 0.717) is 0 Å². The predicted molar refractivity (Wildman–Crippen MR) is 141 cm³/mol. The van der Waals surface area contributed by atoms with E-state index in [-0.39, 0.29) is 33.6 Å². The van der Waals surface area contributed by atoms with Gasteiger partial charge >= 0.3 is 17.9 Å². The number of nitrogen functional groups attached to an aromatic ring is 1. The number of β-lactam (4-membered cyclic amide) rings is 1. The van der Waals surface area contributed by atoms with Gasteiger partial charge in [0.2, 0.25) is 6.61 Å². The number of oxime groups is 1. The molecule has 40 heavy (non-hydrogen) atoms. The van der Waals surface area contributed by atoms with Crippen molar-refractivity contribution in [2.45, 2.75) is 51.1 Å². The molecule has 0 unspecified atom stereocenters. The summed E-state index contributed by atoms with van der Waals surface area (Å²) in [7, 11) is 0. The fourth-order valence-electron chi connectivity index (χ4n) is 3.55. The van der Waals surface area contributed by atoms with Crippen molar-refractivity contribution < 1.29 is 48.2 Å². The van der Waals surface area contributed by atoms with Crippen LogP contribution in [-0.2, 0) is 43.1 Å². The standard InChI is InChI=1S/C23H27N5O10S2/c1-10(29)5-13(30)36-6-11-8-39-20-16(19(33)28(20)17(11)21(34)35)26-18(32)15(12-9-40-22(24)25-12)27-37-7-14(31)38-23(2,3)4/h9,16,20H,5-8H2,1-4H3,(H2,24,25)(H,26,32)(H,34,35)/b27-15-/t16-,20+/m1/s1. The van der Waals surface area contributed by atoms with Crippen molar-refractivity contribution in [3.8, 4) is 0 Å². The molecule has 1 aromatic rings. The minimum Gasteiger partial charge on any atom is -0.477 e. The van der Waals surface area contributed by atoms with Crippen LogP contribution in [0.2, 0.25) is 0 Å². The van der Waals surface area contributed by atoms with E-state index in [1.54, 1.807) is 20.8 Å². The van der Waals surface area contributed by atoms with Gasteiger partial charge in [0.05, 0.1) is 0 Å². The molecule has 2 aliphatic rings. The lowest BCUT2D eigenvalue weighted by atomic mass is 10.0. The Morgan fingerprint density at radius 3 is 2.52 bits per heavy atom. The van der Waals surface area contributed by atoms with Crippen molar-refractivity contribution in [1.29, 1.82) is 0 Å². The van der Waals surface area contributed by atoms with Crippen LogP contribution in [0.25, 0.3) is 0 Å². The van der Waals surface area contributed by atoms with E-state index in [0.717, 1.165) is 28.0 Å². The number of carboxylic acids is 1. The van der Waals surface area contributed by atoms with Crippen LogP contribution in [0.5, 0.6) is 0 Å². The minimum absolute atomic E-state index is 0.0323. The Kier molecular flexibility index (Phi) is 9.52. The van der Waals surface area contributed by atoms with Gasteiger partial charge in [0.25, 0.3) is 11.8 Å². The summed E-state index contributed by atoms with van der Waals surface area (Å²) in [6.07, 6.45) is -0.460. The first-order valence-corrected chi connectivity index (χ1v) is 13.6. The Labute approximate surface area is 236 Å². The van der Waals surface area contributed by atoms with Crippen LogP contribution in [0.3, 0.4) is 0 Å². The second-order valence-corrected chi connectivity index (χ2v) is 11.5. The third-order valence-corrected chi connectivity index (χ3v) is 7.09. The second-order valence-electron chi connectivity index (χ2n) is 9.53. The Bertz CT molecular complexity index is 1300. The summed E-state index contributed by atoms with van der Waals surface area (Å²) >= 11 is 2.17. The van der Waals surface area contributed by atoms with Gasteiger partial charge in [0.15, 0.2) is 10.8 Å². The van der Waals surface area contributed by atoms with Crippen molar-refractivity contribution in [2.24, 2.45) is 5.16 Å². The third-order valence-electron chi connectivity index (χ3n) is 5.07. The van der Waals surface area contributed by atoms with E-state index in [1.807, 2.05) is 0 Å². The number of carboxylic acid groups (broad SMARTS) is 1. The first-order valence-electron chi connectivity index (χ1n) is 11.7. The van der Waals surface area contributed by atoms with Gasteiger partial charge in [0, 0.05) is 16.7 Å². The van der Waals surface area contributed by atoms with E-state index in [4.69, 9.17) is 20.0 Å². The van der Waals surface area contributed by atoms with Crippen LogP contribution in [-0.4, -0.2) is 92.2 Å². The smallest absolute Gasteiger partial charge is 0.352 e. The zero-order valence-electron chi connectivity index (χ0n) is 21.9. The van der Waals surface area contributed by atoms with E-state index in [1.165, 1.54) is 12.3 Å². The van der Waals surface area contributed by atoms with Crippen molar-refractivity contribution >= 4 is 69.4 Å². The predicted octanol–water partition coefficient (Wildman–Crippen LogP) is 0.0486. The molecule has 1 saturated heterocycles. The summed E-state index contributed by atoms with van der Waals surface area (Å²) in [6.45, 7) is 5.21. The zero-order valence-corrected chi connectivity index (χ0v) is 23.6. The number of amides is 2. The highest BCUT2D eigenvalue weighted by atomic mass is 32.2. The quantitative estimate of drug-likeness (QED) is 0.101. The topological polar surface area (TPSA) is 217 Å². The summed E-state index contributed by atoms with van der Waals surface area (Å²) in [6, 6.07) is -1.12. The maximum absolute atomic E-state index is 13.1. The molecule has 1 aromatic heterocycles. The van der Waals surface area contributed by atoms with Gasteiger partial charge < -0.3 is 30.5 Å². The van der Waals surface area contributed by atoms with Crippen LogP contribution in [0.4, 0.5) is 5.13 Å². The highest BCUT2D eigenvalue weighted by Gasteiger charge is 2.54. The number of Topliss-reactive ketones (excluding diaryl/α,β-unsaturated/α-hetero) is 1. The summed E-state index contributed by atoms with van der Waals surface area (Å²) in [5.41, 5.74) is 4.37. The van der Waals surface area contributed by atoms with Gasteiger partial charge in [-0.3, -0.25) is 24.1 Å². The molecule has 2 aliphatic heterocycles. The summed E-state index contributed by atoms with van der Waals surface area (Å²) in [4.78, 5) is 82.8. The van der Waals surface area contributed by atoms with Crippen LogP contribution in [0.1, 0.15) is 39.8 Å². The number of thioether (sulfide) groups is 1. The van der Waals surface area contributed by atoms with E-state index in [9.17, 15) is 33.9 Å². The van der Waals surface area contributed by atoms with Gasteiger partial charge in [-0.2, -0.15) is 0 Å². The molecule has 15 nitrogen and oxygen atoms in total. The number of hydrogen-bond donors (Lipinski definition) is 3. The van der Waals surface area contributed by atoms with Gasteiger partial charge in [-0.25, -0.2) is 14.6 Å². The van der Waals surface area contributed by atoms with Gasteiger partial charge in [-0.15, -0.1) is 23.1 Å². The number of nitrogens with zero attached hydrogens (tertiary/aromatic N) is 3. The number of aliphatic carboxylic acids is 1. The minimum atomic E-state index is -1.42. The number of esters is 2. The molecule has 17 heteroatoms. The lowest BCUT2D eigenvalue weighted by Gasteiger charge is -2.49. The summed E-state index contributed by atoms with van der Waals surface area (Å²) < 4.78 is 10.1. The molecule has 3 rings (SSSR count). The number of aromatic nitrogens is 1. The SMILES string of the molecule is CC(=O)CC(=O)OCC1=C(C(=O)O)N2C(=O)[C@@H](NC(=O)/C(=N\OCC(=O)OC(C)(C)C)c3csc(N)n3)[C@@H]2SC1. The molecule has 0 aromatic carbocycles. The highest BCUT2D eigenvalue weighted by molar-refractivity contribution is 8.00. The van der Waals surface area contributed by atoms with Crippen molar-refractivity contribution in [3.63, 3.8) is 0 Å². The Morgan fingerprint density at radius 1 is 1.25 bits per heavy atom. The lowest BCUT2D eigenvalue weighted by Crippen LogP contribution is -2.71. The molecular formula is C23H27N5O10S2. The Morgan fingerprint density at radius 2 is 1.95 bits per heavy atom. The fraction of sp³-hybridized carbons (Fsp3) is 0.478. The number of nitrogens with one attached hydrogen (secondary N) is 1. The number of ether oxygens (including phenoxy) is 2. The molecular weight excluding hydrogens is 570 g/mol. The lowest BCUT2D eigenvalue weighted by molar-refractivity contribution is -0.160. The van der Waals surface area contributed by atoms with Crippen LogP contribution in [0, 0.1) is 0 Å². The average Bonchev–Trinajstić information content (AvgIpc) is 3.27. The van der Waals surface area contributed by atoms with Gasteiger partial charge in [-0.1, -0.05) is 5.16 Å². The molecule has 216 valence electrons. The average molecular weight is 598 g/mol. The number of carbonyl (C=O) groups is 6. The van der Waals surface area contributed by atoms with Gasteiger partial charge in [0.1, 0.15) is 47.2 Å². The first-order chi connectivity index (χ1) is 18.7.